The number of ether oxygens (including phenoxy) is 1. The van der Waals surface area contributed by atoms with Crippen LogP contribution in [0.15, 0.2) is 12.7 Å². The van der Waals surface area contributed by atoms with E-state index in [-0.39, 0.29) is 0 Å². The first-order valence-electron chi connectivity index (χ1n) is 4.74. The largest absolute Gasteiger partial charge is 0.480 e. The van der Waals surface area contributed by atoms with E-state index in [1.807, 2.05) is 0 Å². The van der Waals surface area contributed by atoms with Gasteiger partial charge in [0.15, 0.2) is 0 Å². The van der Waals surface area contributed by atoms with E-state index in [9.17, 15) is 9.59 Å². The third-order valence-corrected chi connectivity index (χ3v) is 1.79. The van der Waals surface area contributed by atoms with Gasteiger partial charge in [0.2, 0.25) is 5.91 Å². The summed E-state index contributed by atoms with van der Waals surface area (Å²) in [4.78, 5) is 21.8. The second-order valence-corrected chi connectivity index (χ2v) is 3.16. The third-order valence-electron chi connectivity index (χ3n) is 1.79. The van der Waals surface area contributed by atoms with Crippen molar-refractivity contribution in [3.63, 3.8) is 0 Å². The Morgan fingerprint density at radius 1 is 1.53 bits per heavy atom. The van der Waals surface area contributed by atoms with E-state index in [4.69, 9.17) is 9.84 Å². The van der Waals surface area contributed by atoms with Crippen molar-refractivity contribution in [3.05, 3.63) is 12.7 Å². The second kappa shape index (κ2) is 7.00. The molecule has 0 aliphatic carbocycles. The maximum absolute atomic E-state index is 11.3. The number of aliphatic carboxylic acids is 1. The van der Waals surface area contributed by atoms with E-state index in [0.717, 1.165) is 0 Å². The van der Waals surface area contributed by atoms with Crippen LogP contribution in [-0.2, 0) is 14.3 Å². The number of hydrogen-bond donors (Lipinski definition) is 2. The Labute approximate surface area is 89.1 Å². The van der Waals surface area contributed by atoms with Crippen LogP contribution in [0.5, 0.6) is 0 Å². The Kier molecular flexibility index (Phi) is 6.37. The molecular formula is C10H17NO4. The predicted molar refractivity (Wildman–Crippen MR) is 55.5 cm³/mol. The number of amides is 1. The molecule has 0 aliphatic rings. The van der Waals surface area contributed by atoms with Gasteiger partial charge in [-0.2, -0.15) is 0 Å². The zero-order valence-corrected chi connectivity index (χ0v) is 9.03. The molecule has 0 aromatic rings. The van der Waals surface area contributed by atoms with Crippen LogP contribution < -0.4 is 5.32 Å². The third kappa shape index (κ3) is 5.85. The summed E-state index contributed by atoms with van der Waals surface area (Å²) in [5, 5.41) is 10.9. The summed E-state index contributed by atoms with van der Waals surface area (Å²) in [7, 11) is 0. The quantitative estimate of drug-likeness (QED) is 0.480. The highest BCUT2D eigenvalue weighted by Gasteiger charge is 2.18. The molecule has 0 radical (unpaired) electrons. The molecule has 5 heteroatoms. The number of carboxylic acid groups (broad SMARTS) is 1. The summed E-state index contributed by atoms with van der Waals surface area (Å²) in [6.45, 7) is 6.89. The predicted octanol–water partition coefficient (Wildman–Crippen LogP) is 0.557. The Hall–Kier alpha value is -1.36. The van der Waals surface area contributed by atoms with Gasteiger partial charge < -0.3 is 15.2 Å². The first-order valence-corrected chi connectivity index (χ1v) is 4.74. The molecule has 0 rings (SSSR count). The fourth-order valence-electron chi connectivity index (χ4n) is 0.796. The molecule has 0 aliphatic heterocycles. The molecule has 1 amide bonds. The molecule has 0 aromatic heterocycles. The van der Waals surface area contributed by atoms with Gasteiger partial charge in [-0.1, -0.05) is 6.08 Å². The molecule has 2 N–H and O–H groups in total. The first kappa shape index (κ1) is 13.6. The van der Waals surface area contributed by atoms with Gasteiger partial charge in [-0.25, -0.2) is 0 Å². The first-order chi connectivity index (χ1) is 6.99. The average molecular weight is 215 g/mol. The van der Waals surface area contributed by atoms with Crippen LogP contribution in [0.25, 0.3) is 0 Å². The molecule has 0 saturated carbocycles. The minimum Gasteiger partial charge on any atom is -0.480 e. The molecule has 0 saturated heterocycles. The van der Waals surface area contributed by atoms with Gasteiger partial charge in [0, 0.05) is 0 Å². The Bertz CT molecular complexity index is 240. The van der Waals surface area contributed by atoms with Crippen molar-refractivity contribution in [2.24, 2.45) is 0 Å². The van der Waals surface area contributed by atoms with Crippen molar-refractivity contribution in [2.45, 2.75) is 32.4 Å². The molecule has 5 nitrogen and oxygen atoms in total. The lowest BCUT2D eigenvalue weighted by molar-refractivity contribution is -0.143. The molecule has 2 atom stereocenters. The molecule has 0 spiro atoms. The van der Waals surface area contributed by atoms with E-state index in [2.05, 4.69) is 11.9 Å². The van der Waals surface area contributed by atoms with Crippen LogP contribution in [0.4, 0.5) is 0 Å². The maximum atomic E-state index is 11.3. The summed E-state index contributed by atoms with van der Waals surface area (Å²) in [5.74, 6) is -1.49. The molecule has 86 valence electrons. The van der Waals surface area contributed by atoms with Crippen molar-refractivity contribution >= 4 is 11.9 Å². The summed E-state index contributed by atoms with van der Waals surface area (Å²) in [5.41, 5.74) is 0. The van der Waals surface area contributed by atoms with Crippen molar-refractivity contribution < 1.29 is 19.4 Å². The van der Waals surface area contributed by atoms with Crippen molar-refractivity contribution in [1.29, 1.82) is 0 Å². The minimum atomic E-state index is -1.07. The van der Waals surface area contributed by atoms with Gasteiger partial charge in [-0.15, -0.1) is 6.58 Å². The number of carbonyl (C=O) groups is 2. The van der Waals surface area contributed by atoms with Crippen LogP contribution in [0.1, 0.15) is 20.3 Å². The molecule has 0 bridgehead atoms. The van der Waals surface area contributed by atoms with Gasteiger partial charge >= 0.3 is 5.97 Å². The summed E-state index contributed by atoms with van der Waals surface area (Å²) < 4.78 is 5.15. The van der Waals surface area contributed by atoms with Gasteiger partial charge in [-0.3, -0.25) is 9.59 Å². The lowest BCUT2D eigenvalue weighted by Crippen LogP contribution is -2.43. The summed E-state index contributed by atoms with van der Waals surface area (Å²) in [6, 6.07) is -0.900. The highest BCUT2D eigenvalue weighted by Crippen LogP contribution is 1.94. The number of rotatable bonds is 7. The Balaban J connectivity index is 3.88. The normalized spacial score (nSPS) is 14.0. The smallest absolute Gasteiger partial charge is 0.325 e. The van der Waals surface area contributed by atoms with E-state index < -0.39 is 24.0 Å². The number of carbonyl (C=O) groups excluding carboxylic acids is 1. The fourth-order valence-corrected chi connectivity index (χ4v) is 0.796. The van der Waals surface area contributed by atoms with Crippen LogP contribution >= 0.6 is 0 Å². The Morgan fingerprint density at radius 3 is 2.60 bits per heavy atom. The molecule has 1 unspecified atom stereocenters. The molecular weight excluding hydrogens is 198 g/mol. The van der Waals surface area contributed by atoms with Gasteiger partial charge in [0.05, 0.1) is 6.61 Å². The number of nitrogens with one attached hydrogen (secondary N) is 1. The standard InChI is InChI=1S/C10H17NO4/c1-4-5-6-15-8(3)9(12)11-7(2)10(13)14/h4,7-8H,1,5-6H2,2-3H3,(H,11,12)(H,13,14)/t7-,8?/m0/s1. The molecule has 0 aromatic carbocycles. The highest BCUT2D eigenvalue weighted by molar-refractivity contribution is 5.85. The van der Waals surface area contributed by atoms with Crippen LogP contribution in [-0.4, -0.2) is 35.7 Å². The lowest BCUT2D eigenvalue weighted by Gasteiger charge is -2.14. The SMILES string of the molecule is C=CCCOC(C)C(=O)N[C@@H](C)C(=O)O. The molecule has 15 heavy (non-hydrogen) atoms. The van der Waals surface area contributed by atoms with E-state index in [1.54, 1.807) is 13.0 Å². The van der Waals surface area contributed by atoms with Crippen LogP contribution in [0, 0.1) is 0 Å². The summed E-state index contributed by atoms with van der Waals surface area (Å²) >= 11 is 0. The molecule has 0 heterocycles. The second-order valence-electron chi connectivity index (χ2n) is 3.16. The number of carboxylic acids is 1. The zero-order chi connectivity index (χ0) is 11.8. The van der Waals surface area contributed by atoms with Gasteiger partial charge in [0.25, 0.3) is 0 Å². The van der Waals surface area contributed by atoms with Crippen LogP contribution in [0.3, 0.4) is 0 Å². The zero-order valence-electron chi connectivity index (χ0n) is 9.03. The monoisotopic (exact) mass is 215 g/mol. The van der Waals surface area contributed by atoms with Crippen LogP contribution in [0.2, 0.25) is 0 Å². The van der Waals surface area contributed by atoms with E-state index in [0.29, 0.717) is 13.0 Å². The topological polar surface area (TPSA) is 75.6 Å². The van der Waals surface area contributed by atoms with E-state index in [1.165, 1.54) is 6.92 Å². The number of hydrogen-bond acceptors (Lipinski definition) is 3. The average Bonchev–Trinajstić information content (AvgIpc) is 2.17. The van der Waals surface area contributed by atoms with Crippen molar-refractivity contribution in [1.82, 2.24) is 5.32 Å². The lowest BCUT2D eigenvalue weighted by atomic mass is 10.3. The highest BCUT2D eigenvalue weighted by atomic mass is 16.5. The molecule has 0 fully saturated rings. The fraction of sp³-hybridized carbons (Fsp3) is 0.600. The Morgan fingerprint density at radius 2 is 2.13 bits per heavy atom. The summed E-state index contributed by atoms with van der Waals surface area (Å²) in [6.07, 6.45) is 1.70. The maximum Gasteiger partial charge on any atom is 0.325 e. The van der Waals surface area contributed by atoms with E-state index >= 15 is 0 Å². The van der Waals surface area contributed by atoms with Gasteiger partial charge in [0.1, 0.15) is 12.1 Å². The minimum absolute atomic E-state index is 0.402. The van der Waals surface area contributed by atoms with Crippen molar-refractivity contribution in [2.75, 3.05) is 6.61 Å². The van der Waals surface area contributed by atoms with Gasteiger partial charge in [-0.05, 0) is 20.3 Å². The van der Waals surface area contributed by atoms with Crippen molar-refractivity contribution in [3.8, 4) is 0 Å².